The van der Waals surface area contributed by atoms with Gasteiger partial charge in [-0.15, -0.1) is 0 Å². The van der Waals surface area contributed by atoms with Gasteiger partial charge in [0.1, 0.15) is 0 Å². The Hall–Kier alpha value is -1.17. The third-order valence-corrected chi connectivity index (χ3v) is 4.74. The fraction of sp³-hybridized carbons (Fsp3) is 0.231. The fourth-order valence-electron chi connectivity index (χ4n) is 1.66. The first-order valence-electron chi connectivity index (χ1n) is 5.70. The molecule has 5 heteroatoms. The maximum absolute atomic E-state index is 11.5. The van der Waals surface area contributed by atoms with Gasteiger partial charge in [0.15, 0.2) is 0 Å². The normalized spacial score (nSPS) is 11.6. The van der Waals surface area contributed by atoms with Crippen molar-refractivity contribution in [2.24, 2.45) is 0 Å². The van der Waals surface area contributed by atoms with Crippen LogP contribution in [-0.2, 0) is 16.6 Å². The molecule has 0 amide bonds. The number of rotatable bonds is 5. The fourth-order valence-corrected chi connectivity index (χ4v) is 2.90. The molecule has 0 bridgehead atoms. The van der Waals surface area contributed by atoms with E-state index < -0.39 is 10.0 Å². The summed E-state index contributed by atoms with van der Waals surface area (Å²) in [5.74, 6) is 0.105. The zero-order valence-corrected chi connectivity index (χ0v) is 11.7. The predicted molar refractivity (Wildman–Crippen MR) is 76.1 cm³/mol. The van der Waals surface area contributed by atoms with Crippen LogP contribution in [-0.4, -0.2) is 14.2 Å². The number of benzene rings is 1. The average molecular weight is 281 g/mol. The van der Waals surface area contributed by atoms with Crippen molar-refractivity contribution in [3.63, 3.8) is 0 Å². The van der Waals surface area contributed by atoms with E-state index in [0.29, 0.717) is 6.54 Å². The monoisotopic (exact) mass is 281 g/mol. The number of thiophene rings is 1. The van der Waals surface area contributed by atoms with Gasteiger partial charge in [0, 0.05) is 6.54 Å². The lowest BCUT2D eigenvalue weighted by Crippen LogP contribution is -2.24. The molecule has 0 saturated carbocycles. The summed E-state index contributed by atoms with van der Waals surface area (Å²) in [5.41, 5.74) is 3.21. The van der Waals surface area contributed by atoms with Crippen LogP contribution in [0.25, 0.3) is 11.1 Å². The molecular weight excluding hydrogens is 266 g/mol. The van der Waals surface area contributed by atoms with Gasteiger partial charge in [0.2, 0.25) is 10.0 Å². The molecule has 0 aliphatic carbocycles. The number of hydrogen-bond acceptors (Lipinski definition) is 3. The van der Waals surface area contributed by atoms with Crippen LogP contribution in [0.1, 0.15) is 12.5 Å². The summed E-state index contributed by atoms with van der Waals surface area (Å²) >= 11 is 1.63. The lowest BCUT2D eigenvalue weighted by atomic mass is 10.0. The summed E-state index contributed by atoms with van der Waals surface area (Å²) in [7, 11) is -3.15. The van der Waals surface area contributed by atoms with Gasteiger partial charge in [-0.3, -0.25) is 0 Å². The summed E-state index contributed by atoms with van der Waals surface area (Å²) in [4.78, 5) is 0. The predicted octanol–water partition coefficient (Wildman–Crippen LogP) is 2.85. The molecule has 1 aromatic carbocycles. The van der Waals surface area contributed by atoms with E-state index in [-0.39, 0.29) is 5.75 Å². The van der Waals surface area contributed by atoms with Crippen LogP contribution < -0.4 is 4.72 Å². The van der Waals surface area contributed by atoms with Crippen molar-refractivity contribution in [2.45, 2.75) is 13.5 Å². The van der Waals surface area contributed by atoms with Crippen LogP contribution in [0, 0.1) is 0 Å². The molecule has 0 aliphatic rings. The van der Waals surface area contributed by atoms with E-state index >= 15 is 0 Å². The smallest absolute Gasteiger partial charge is 0.211 e. The summed E-state index contributed by atoms with van der Waals surface area (Å²) in [6.07, 6.45) is 0. The largest absolute Gasteiger partial charge is 0.212 e. The highest BCUT2D eigenvalue weighted by Crippen LogP contribution is 2.25. The first-order valence-corrected chi connectivity index (χ1v) is 8.29. The van der Waals surface area contributed by atoms with Gasteiger partial charge in [0.25, 0.3) is 0 Å². The second kappa shape index (κ2) is 5.65. The lowest BCUT2D eigenvalue weighted by Gasteiger charge is -2.09. The molecule has 2 aromatic rings. The van der Waals surface area contributed by atoms with E-state index in [0.717, 1.165) is 16.7 Å². The van der Waals surface area contributed by atoms with E-state index in [2.05, 4.69) is 10.1 Å². The molecule has 0 spiro atoms. The van der Waals surface area contributed by atoms with Crippen molar-refractivity contribution >= 4 is 21.4 Å². The Morgan fingerprint density at radius 2 is 2.00 bits per heavy atom. The Labute approximate surface area is 112 Å². The molecule has 2 rings (SSSR count). The zero-order valence-electron chi connectivity index (χ0n) is 10.1. The van der Waals surface area contributed by atoms with E-state index in [1.807, 2.05) is 35.7 Å². The van der Waals surface area contributed by atoms with Gasteiger partial charge < -0.3 is 0 Å². The van der Waals surface area contributed by atoms with Crippen molar-refractivity contribution < 1.29 is 8.42 Å². The molecule has 3 nitrogen and oxygen atoms in total. The molecule has 0 fully saturated rings. The van der Waals surface area contributed by atoms with Gasteiger partial charge in [-0.25, -0.2) is 13.1 Å². The van der Waals surface area contributed by atoms with Gasteiger partial charge in [-0.05, 0) is 40.4 Å². The molecule has 1 aromatic heterocycles. The first kappa shape index (κ1) is 13.3. The quantitative estimate of drug-likeness (QED) is 0.916. The minimum Gasteiger partial charge on any atom is -0.212 e. The number of hydrogen-bond donors (Lipinski definition) is 1. The molecule has 1 N–H and O–H groups in total. The van der Waals surface area contributed by atoms with Crippen LogP contribution in [0.15, 0.2) is 41.1 Å². The van der Waals surface area contributed by atoms with E-state index in [9.17, 15) is 8.42 Å². The molecule has 18 heavy (non-hydrogen) atoms. The van der Waals surface area contributed by atoms with E-state index in [1.54, 1.807) is 18.3 Å². The first-order chi connectivity index (χ1) is 8.62. The topological polar surface area (TPSA) is 46.2 Å². The summed E-state index contributed by atoms with van der Waals surface area (Å²) < 4.78 is 25.5. The minimum absolute atomic E-state index is 0.105. The molecule has 0 aliphatic heterocycles. The van der Waals surface area contributed by atoms with Gasteiger partial charge >= 0.3 is 0 Å². The highest BCUT2D eigenvalue weighted by atomic mass is 32.2. The average Bonchev–Trinajstić information content (AvgIpc) is 2.91. The van der Waals surface area contributed by atoms with E-state index in [1.165, 1.54) is 0 Å². The Morgan fingerprint density at radius 3 is 2.67 bits per heavy atom. The van der Waals surface area contributed by atoms with Crippen molar-refractivity contribution in [1.29, 1.82) is 0 Å². The van der Waals surface area contributed by atoms with Crippen molar-refractivity contribution in [2.75, 3.05) is 5.75 Å². The highest BCUT2D eigenvalue weighted by Gasteiger charge is 2.09. The zero-order chi connectivity index (χ0) is 13.0. The minimum atomic E-state index is -3.15. The van der Waals surface area contributed by atoms with Gasteiger partial charge in [-0.2, -0.15) is 11.3 Å². The van der Waals surface area contributed by atoms with Gasteiger partial charge in [-0.1, -0.05) is 24.3 Å². The third-order valence-electron chi connectivity index (χ3n) is 2.71. The molecule has 0 radical (unpaired) electrons. The number of nitrogens with one attached hydrogen (secondary N) is 1. The van der Waals surface area contributed by atoms with Crippen molar-refractivity contribution in [3.05, 3.63) is 46.7 Å². The molecule has 0 atom stereocenters. The Bertz CT molecular complexity index is 604. The third kappa shape index (κ3) is 3.19. The second-order valence-electron chi connectivity index (χ2n) is 3.89. The van der Waals surface area contributed by atoms with Crippen LogP contribution in [0.4, 0.5) is 0 Å². The molecule has 96 valence electrons. The van der Waals surface area contributed by atoms with E-state index in [4.69, 9.17) is 0 Å². The second-order valence-corrected chi connectivity index (χ2v) is 6.77. The number of sulfonamides is 1. The van der Waals surface area contributed by atoms with Crippen molar-refractivity contribution in [3.8, 4) is 11.1 Å². The maximum Gasteiger partial charge on any atom is 0.211 e. The summed E-state index contributed by atoms with van der Waals surface area (Å²) in [6, 6.07) is 9.89. The summed E-state index contributed by atoms with van der Waals surface area (Å²) in [5, 5.41) is 4.08. The highest BCUT2D eigenvalue weighted by molar-refractivity contribution is 7.89. The van der Waals surface area contributed by atoms with Gasteiger partial charge in [0.05, 0.1) is 5.75 Å². The van der Waals surface area contributed by atoms with Crippen molar-refractivity contribution in [1.82, 2.24) is 4.72 Å². The SMILES string of the molecule is CCS(=O)(=O)NCc1ccccc1-c1ccsc1. The van der Waals surface area contributed by atoms with Crippen LogP contribution in [0.3, 0.4) is 0 Å². The molecule has 0 unspecified atom stereocenters. The standard InChI is InChI=1S/C13H15NO2S2/c1-2-18(15,16)14-9-11-5-3-4-6-13(11)12-7-8-17-10-12/h3-8,10,14H,2,9H2,1H3. The van der Waals surface area contributed by atoms with Crippen LogP contribution in [0.2, 0.25) is 0 Å². The Balaban J connectivity index is 2.24. The van der Waals surface area contributed by atoms with Crippen LogP contribution >= 0.6 is 11.3 Å². The lowest BCUT2D eigenvalue weighted by molar-refractivity contribution is 0.582. The molecular formula is C13H15NO2S2. The Kier molecular flexibility index (Phi) is 4.16. The molecule has 0 saturated heterocycles. The Morgan fingerprint density at radius 1 is 1.22 bits per heavy atom. The van der Waals surface area contributed by atoms with Crippen LogP contribution in [0.5, 0.6) is 0 Å². The summed E-state index contributed by atoms with van der Waals surface area (Å²) in [6.45, 7) is 1.97. The molecule has 1 heterocycles. The maximum atomic E-state index is 11.5.